The van der Waals surface area contributed by atoms with Crippen molar-refractivity contribution in [3.05, 3.63) is 28.6 Å². The van der Waals surface area contributed by atoms with E-state index in [1.807, 2.05) is 17.6 Å². The molecule has 2 aromatic rings. The second-order valence-electron chi connectivity index (χ2n) is 3.51. The monoisotopic (exact) mass is 296 g/mol. The summed E-state index contributed by atoms with van der Waals surface area (Å²) < 4.78 is 2.75. The molecule has 2 rings (SSSR count). The zero-order valence-electron chi connectivity index (χ0n) is 9.68. The third-order valence-corrected chi connectivity index (χ3v) is 2.68. The molecule has 0 radical (unpaired) electrons. The van der Waals surface area contributed by atoms with E-state index in [1.165, 1.54) is 0 Å². The Labute approximate surface area is 108 Å². The van der Waals surface area contributed by atoms with Crippen molar-refractivity contribution in [2.24, 2.45) is 0 Å². The Morgan fingerprint density at radius 2 is 2.24 bits per heavy atom. The second kappa shape index (κ2) is 5.22. The van der Waals surface area contributed by atoms with Gasteiger partial charge in [0.1, 0.15) is 22.6 Å². The number of rotatable bonds is 4. The van der Waals surface area contributed by atoms with E-state index in [-0.39, 0.29) is 0 Å². The molecule has 0 aliphatic carbocycles. The molecule has 0 aliphatic heterocycles. The normalized spacial score (nSPS) is 10.5. The lowest BCUT2D eigenvalue weighted by Crippen LogP contribution is -2.09. The maximum absolute atomic E-state index is 4.28. The Morgan fingerprint density at radius 3 is 2.94 bits per heavy atom. The molecule has 0 saturated heterocycles. The van der Waals surface area contributed by atoms with Crippen molar-refractivity contribution >= 4 is 21.7 Å². The van der Waals surface area contributed by atoms with E-state index in [4.69, 9.17) is 0 Å². The first-order valence-electron chi connectivity index (χ1n) is 5.30. The summed E-state index contributed by atoms with van der Waals surface area (Å²) in [6.07, 6.45) is 1.72. The van der Waals surface area contributed by atoms with Gasteiger partial charge in [0, 0.05) is 12.6 Å². The van der Waals surface area contributed by atoms with Crippen LogP contribution in [0.4, 0.5) is 5.82 Å². The van der Waals surface area contributed by atoms with Crippen LogP contribution in [0.15, 0.2) is 17.0 Å². The van der Waals surface area contributed by atoms with Gasteiger partial charge < -0.3 is 9.88 Å². The summed E-state index contributed by atoms with van der Waals surface area (Å²) in [4.78, 5) is 8.42. The Hall–Kier alpha value is -1.50. The lowest BCUT2D eigenvalue weighted by Gasteiger charge is -2.07. The maximum Gasteiger partial charge on any atom is 0.152 e. The van der Waals surface area contributed by atoms with Crippen LogP contribution in [0.1, 0.15) is 18.6 Å². The average molecular weight is 297 g/mol. The standard InChI is InChI=1S/C10H13BrN6/c1-3-17-6-13-16-10(17)5-12-9-4-8(11)14-7(2)15-9/h4,6H,3,5H2,1-2H3,(H,12,14,15). The lowest BCUT2D eigenvalue weighted by molar-refractivity contribution is 0.707. The SMILES string of the molecule is CCn1cnnc1CNc1cc(Br)nc(C)n1. The van der Waals surface area contributed by atoms with Gasteiger partial charge in [-0.3, -0.25) is 0 Å². The molecule has 0 atom stereocenters. The summed E-state index contributed by atoms with van der Waals surface area (Å²) in [5.74, 6) is 2.38. The highest BCUT2D eigenvalue weighted by atomic mass is 79.9. The van der Waals surface area contributed by atoms with Gasteiger partial charge in [0.15, 0.2) is 5.82 Å². The molecule has 0 spiro atoms. The zero-order valence-corrected chi connectivity index (χ0v) is 11.3. The summed E-state index contributed by atoms with van der Waals surface area (Å²) >= 11 is 3.34. The third-order valence-electron chi connectivity index (χ3n) is 2.27. The molecule has 7 heteroatoms. The molecular weight excluding hydrogens is 284 g/mol. The van der Waals surface area contributed by atoms with Crippen LogP contribution in [0.2, 0.25) is 0 Å². The van der Waals surface area contributed by atoms with Gasteiger partial charge in [-0.05, 0) is 29.8 Å². The van der Waals surface area contributed by atoms with E-state index in [0.717, 1.165) is 28.6 Å². The number of nitrogens with zero attached hydrogens (tertiary/aromatic N) is 5. The maximum atomic E-state index is 4.28. The first kappa shape index (κ1) is 12.0. The Balaban J connectivity index is 2.07. The highest BCUT2D eigenvalue weighted by molar-refractivity contribution is 9.10. The Bertz CT molecular complexity index is 489. The molecule has 0 aliphatic rings. The van der Waals surface area contributed by atoms with Crippen LogP contribution in [0, 0.1) is 6.92 Å². The van der Waals surface area contributed by atoms with Crippen LogP contribution in [-0.2, 0) is 13.1 Å². The minimum absolute atomic E-state index is 0.594. The topological polar surface area (TPSA) is 68.5 Å². The zero-order chi connectivity index (χ0) is 12.3. The molecule has 90 valence electrons. The summed E-state index contributed by atoms with van der Waals surface area (Å²) in [6, 6.07) is 1.83. The summed E-state index contributed by atoms with van der Waals surface area (Å²) in [5, 5.41) is 11.1. The van der Waals surface area contributed by atoms with Gasteiger partial charge in [-0.2, -0.15) is 0 Å². The smallest absolute Gasteiger partial charge is 0.152 e. The van der Waals surface area contributed by atoms with Gasteiger partial charge in [-0.1, -0.05) is 0 Å². The van der Waals surface area contributed by atoms with Crippen LogP contribution < -0.4 is 5.32 Å². The van der Waals surface area contributed by atoms with Crippen LogP contribution >= 0.6 is 15.9 Å². The van der Waals surface area contributed by atoms with Crippen molar-refractivity contribution in [3.8, 4) is 0 Å². The number of aromatic nitrogens is 5. The Morgan fingerprint density at radius 1 is 1.41 bits per heavy atom. The number of hydrogen-bond acceptors (Lipinski definition) is 5. The minimum Gasteiger partial charge on any atom is -0.363 e. The van der Waals surface area contributed by atoms with Crippen LogP contribution in [0.25, 0.3) is 0 Å². The largest absolute Gasteiger partial charge is 0.363 e. The molecule has 2 aromatic heterocycles. The van der Waals surface area contributed by atoms with Crippen molar-refractivity contribution in [2.75, 3.05) is 5.32 Å². The van der Waals surface area contributed by atoms with E-state index in [2.05, 4.69) is 48.3 Å². The molecule has 6 nitrogen and oxygen atoms in total. The van der Waals surface area contributed by atoms with Crippen molar-refractivity contribution in [1.29, 1.82) is 0 Å². The highest BCUT2D eigenvalue weighted by Crippen LogP contribution is 2.12. The van der Waals surface area contributed by atoms with Crippen molar-refractivity contribution in [3.63, 3.8) is 0 Å². The number of halogens is 1. The van der Waals surface area contributed by atoms with Crippen LogP contribution in [0.3, 0.4) is 0 Å². The number of anilines is 1. The first-order chi connectivity index (χ1) is 8.19. The fraction of sp³-hybridized carbons (Fsp3) is 0.400. The predicted octanol–water partition coefficient (Wildman–Crippen LogP) is 1.77. The Kier molecular flexibility index (Phi) is 3.68. The predicted molar refractivity (Wildman–Crippen MR) is 67.5 cm³/mol. The quantitative estimate of drug-likeness (QED) is 0.871. The fourth-order valence-electron chi connectivity index (χ4n) is 1.47. The van der Waals surface area contributed by atoms with Gasteiger partial charge in [0.25, 0.3) is 0 Å². The van der Waals surface area contributed by atoms with Crippen molar-refractivity contribution < 1.29 is 0 Å². The van der Waals surface area contributed by atoms with Gasteiger partial charge in [0.2, 0.25) is 0 Å². The van der Waals surface area contributed by atoms with Gasteiger partial charge >= 0.3 is 0 Å². The molecule has 1 N–H and O–H groups in total. The molecule has 17 heavy (non-hydrogen) atoms. The van der Waals surface area contributed by atoms with Crippen LogP contribution in [0.5, 0.6) is 0 Å². The van der Waals surface area contributed by atoms with E-state index < -0.39 is 0 Å². The van der Waals surface area contributed by atoms with Crippen molar-refractivity contribution in [2.45, 2.75) is 26.9 Å². The van der Waals surface area contributed by atoms with Gasteiger partial charge in [-0.15, -0.1) is 10.2 Å². The molecule has 0 saturated carbocycles. The average Bonchev–Trinajstić information content (AvgIpc) is 2.72. The van der Waals surface area contributed by atoms with E-state index in [1.54, 1.807) is 6.33 Å². The van der Waals surface area contributed by atoms with Gasteiger partial charge in [-0.25, -0.2) is 9.97 Å². The van der Waals surface area contributed by atoms with Gasteiger partial charge in [0.05, 0.1) is 6.54 Å². The highest BCUT2D eigenvalue weighted by Gasteiger charge is 2.04. The molecule has 0 unspecified atom stereocenters. The molecule has 0 amide bonds. The van der Waals surface area contributed by atoms with E-state index >= 15 is 0 Å². The molecule has 0 fully saturated rings. The number of hydrogen-bond donors (Lipinski definition) is 1. The third kappa shape index (κ3) is 3.00. The number of nitrogens with one attached hydrogen (secondary N) is 1. The number of aryl methyl sites for hydroxylation is 2. The first-order valence-corrected chi connectivity index (χ1v) is 6.10. The summed E-state index contributed by atoms with van der Waals surface area (Å²) in [6.45, 7) is 5.36. The summed E-state index contributed by atoms with van der Waals surface area (Å²) in [5.41, 5.74) is 0. The minimum atomic E-state index is 0.594. The van der Waals surface area contributed by atoms with E-state index in [0.29, 0.717) is 6.54 Å². The lowest BCUT2D eigenvalue weighted by atomic mass is 10.5. The fourth-order valence-corrected chi connectivity index (χ4v) is 1.94. The van der Waals surface area contributed by atoms with Crippen molar-refractivity contribution in [1.82, 2.24) is 24.7 Å². The second-order valence-corrected chi connectivity index (χ2v) is 4.32. The molecule has 2 heterocycles. The summed E-state index contributed by atoms with van der Waals surface area (Å²) in [7, 11) is 0. The molecule has 0 aromatic carbocycles. The molecule has 0 bridgehead atoms. The van der Waals surface area contributed by atoms with Crippen LogP contribution in [-0.4, -0.2) is 24.7 Å². The van der Waals surface area contributed by atoms with E-state index in [9.17, 15) is 0 Å². The molecular formula is C10H13BrN6.